The van der Waals surface area contributed by atoms with Crippen molar-refractivity contribution in [2.24, 2.45) is 0 Å². The maximum Gasteiger partial charge on any atom is 0.307 e. The zero-order valence-electron chi connectivity index (χ0n) is 11.4. The van der Waals surface area contributed by atoms with Gasteiger partial charge in [-0.1, -0.05) is 6.92 Å². The van der Waals surface area contributed by atoms with Crippen LogP contribution in [0.1, 0.15) is 19.4 Å². The Balaban J connectivity index is 2.01. The third-order valence-corrected chi connectivity index (χ3v) is 3.50. The summed E-state index contributed by atoms with van der Waals surface area (Å²) in [6.07, 6.45) is 3.18. The second-order valence-electron chi connectivity index (χ2n) is 4.89. The maximum absolute atomic E-state index is 10.6. The molecule has 1 unspecified atom stereocenters. The third kappa shape index (κ3) is 3.41. The van der Waals surface area contributed by atoms with Gasteiger partial charge in [0, 0.05) is 43.6 Å². The number of anilines is 1. The summed E-state index contributed by atoms with van der Waals surface area (Å²) in [7, 11) is 0. The summed E-state index contributed by atoms with van der Waals surface area (Å²) in [5, 5.41) is 8.70. The summed E-state index contributed by atoms with van der Waals surface area (Å²) >= 11 is 0. The first-order valence-corrected chi connectivity index (χ1v) is 6.62. The smallest absolute Gasteiger partial charge is 0.307 e. The van der Waals surface area contributed by atoms with Crippen molar-refractivity contribution in [3.63, 3.8) is 0 Å². The number of carbonyl (C=O) groups is 1. The predicted molar refractivity (Wildman–Crippen MR) is 72.3 cm³/mol. The van der Waals surface area contributed by atoms with Crippen LogP contribution < -0.4 is 4.90 Å². The van der Waals surface area contributed by atoms with Gasteiger partial charge in [-0.25, -0.2) is 9.97 Å². The number of rotatable bonds is 4. The number of carboxylic acid groups (broad SMARTS) is 1. The molecule has 1 fully saturated rings. The lowest BCUT2D eigenvalue weighted by Gasteiger charge is -2.39. The van der Waals surface area contributed by atoms with Gasteiger partial charge in [-0.15, -0.1) is 0 Å². The van der Waals surface area contributed by atoms with E-state index in [2.05, 4.69) is 33.6 Å². The topological polar surface area (TPSA) is 69.6 Å². The molecule has 0 saturated carbocycles. The van der Waals surface area contributed by atoms with Crippen LogP contribution >= 0.6 is 0 Å². The summed E-state index contributed by atoms with van der Waals surface area (Å²) in [6.45, 7) is 8.27. The molecule has 19 heavy (non-hydrogen) atoms. The number of aliphatic carboxylic acids is 1. The van der Waals surface area contributed by atoms with Crippen molar-refractivity contribution in [1.29, 1.82) is 0 Å². The third-order valence-electron chi connectivity index (χ3n) is 3.50. The zero-order chi connectivity index (χ0) is 13.8. The van der Waals surface area contributed by atoms with Crippen LogP contribution in [0.2, 0.25) is 0 Å². The molecule has 1 aliphatic heterocycles. The molecule has 1 aromatic rings. The lowest BCUT2D eigenvalue weighted by molar-refractivity contribution is -0.136. The number of piperazine rings is 1. The molecule has 2 heterocycles. The fourth-order valence-electron chi connectivity index (χ4n) is 2.42. The van der Waals surface area contributed by atoms with E-state index in [1.165, 1.54) is 0 Å². The fourth-order valence-corrected chi connectivity index (χ4v) is 2.42. The van der Waals surface area contributed by atoms with Crippen LogP contribution in [0.4, 0.5) is 5.95 Å². The van der Waals surface area contributed by atoms with Gasteiger partial charge < -0.3 is 10.0 Å². The van der Waals surface area contributed by atoms with Gasteiger partial charge in [0.25, 0.3) is 0 Å². The lowest BCUT2D eigenvalue weighted by atomic mass is 10.2. The summed E-state index contributed by atoms with van der Waals surface area (Å²) < 4.78 is 0. The molecule has 0 aliphatic carbocycles. The minimum atomic E-state index is -0.860. The summed E-state index contributed by atoms with van der Waals surface area (Å²) in [6, 6.07) is 0.487. The van der Waals surface area contributed by atoms with Crippen molar-refractivity contribution >= 4 is 11.9 Å². The molecule has 1 saturated heterocycles. The summed E-state index contributed by atoms with van der Waals surface area (Å²) in [5.41, 5.74) is 0.636. The van der Waals surface area contributed by atoms with Crippen molar-refractivity contribution < 1.29 is 9.90 Å². The maximum atomic E-state index is 10.6. The predicted octanol–water partition coefficient (Wildman–Crippen LogP) is 0.634. The molecule has 6 nitrogen and oxygen atoms in total. The monoisotopic (exact) mass is 264 g/mol. The highest BCUT2D eigenvalue weighted by atomic mass is 16.4. The molecular formula is C13H20N4O2. The molecule has 0 aromatic carbocycles. The van der Waals surface area contributed by atoms with Crippen molar-refractivity contribution in [1.82, 2.24) is 14.9 Å². The quantitative estimate of drug-likeness (QED) is 0.860. The number of nitrogens with zero attached hydrogens (tertiary/aromatic N) is 4. The first kappa shape index (κ1) is 13.7. The first-order valence-electron chi connectivity index (χ1n) is 6.62. The average Bonchev–Trinajstić information content (AvgIpc) is 2.39. The van der Waals surface area contributed by atoms with Crippen LogP contribution in [-0.4, -0.2) is 58.2 Å². The van der Waals surface area contributed by atoms with Gasteiger partial charge in [-0.2, -0.15) is 0 Å². The highest BCUT2D eigenvalue weighted by molar-refractivity contribution is 5.69. The highest BCUT2D eigenvalue weighted by Crippen LogP contribution is 2.14. The van der Waals surface area contributed by atoms with E-state index in [1.807, 2.05) is 0 Å². The fraction of sp³-hybridized carbons (Fsp3) is 0.615. The van der Waals surface area contributed by atoms with Gasteiger partial charge in [0.1, 0.15) is 0 Å². The molecule has 6 heteroatoms. The largest absolute Gasteiger partial charge is 0.481 e. The molecule has 0 amide bonds. The Kier molecular flexibility index (Phi) is 4.31. The van der Waals surface area contributed by atoms with Crippen LogP contribution in [-0.2, 0) is 11.2 Å². The van der Waals surface area contributed by atoms with Crippen LogP contribution in [0.5, 0.6) is 0 Å². The normalized spacial score (nSPS) is 20.5. The molecule has 1 aromatic heterocycles. The number of hydrogen-bond acceptors (Lipinski definition) is 5. The van der Waals surface area contributed by atoms with E-state index in [0.29, 0.717) is 17.6 Å². The Hall–Kier alpha value is -1.69. The first-order chi connectivity index (χ1) is 9.10. The van der Waals surface area contributed by atoms with Crippen LogP contribution in [0.3, 0.4) is 0 Å². The van der Waals surface area contributed by atoms with E-state index in [0.717, 1.165) is 26.2 Å². The van der Waals surface area contributed by atoms with Crippen LogP contribution in [0.15, 0.2) is 12.4 Å². The minimum absolute atomic E-state index is 0.0275. The number of carboxylic acids is 1. The van der Waals surface area contributed by atoms with Crippen molar-refractivity contribution in [2.45, 2.75) is 26.3 Å². The van der Waals surface area contributed by atoms with Gasteiger partial charge in [0.15, 0.2) is 0 Å². The van der Waals surface area contributed by atoms with Crippen LogP contribution in [0, 0.1) is 0 Å². The second kappa shape index (κ2) is 5.97. The molecule has 2 rings (SSSR count). The van der Waals surface area contributed by atoms with Gasteiger partial charge in [-0.3, -0.25) is 9.69 Å². The van der Waals surface area contributed by atoms with E-state index in [-0.39, 0.29) is 6.42 Å². The Labute approximate surface area is 113 Å². The van der Waals surface area contributed by atoms with Gasteiger partial charge in [-0.05, 0) is 13.5 Å². The van der Waals surface area contributed by atoms with E-state index in [4.69, 9.17) is 5.11 Å². The molecule has 104 valence electrons. The van der Waals surface area contributed by atoms with Gasteiger partial charge >= 0.3 is 5.97 Å². The van der Waals surface area contributed by atoms with Gasteiger partial charge in [0.2, 0.25) is 5.95 Å². The molecule has 1 aliphatic rings. The molecule has 1 atom stereocenters. The number of hydrogen-bond donors (Lipinski definition) is 1. The van der Waals surface area contributed by atoms with E-state index in [1.54, 1.807) is 12.4 Å². The average molecular weight is 264 g/mol. The second-order valence-corrected chi connectivity index (χ2v) is 4.89. The number of likely N-dealkylation sites (N-methyl/N-ethyl adjacent to an activating group) is 1. The Morgan fingerprint density at radius 2 is 2.11 bits per heavy atom. The van der Waals surface area contributed by atoms with E-state index >= 15 is 0 Å². The van der Waals surface area contributed by atoms with E-state index < -0.39 is 5.97 Å². The molecular weight excluding hydrogens is 244 g/mol. The molecule has 0 spiro atoms. The molecule has 0 radical (unpaired) electrons. The Morgan fingerprint density at radius 1 is 1.42 bits per heavy atom. The molecule has 0 bridgehead atoms. The van der Waals surface area contributed by atoms with Crippen molar-refractivity contribution in [2.75, 3.05) is 31.1 Å². The molecule has 1 N–H and O–H groups in total. The van der Waals surface area contributed by atoms with Crippen molar-refractivity contribution in [3.05, 3.63) is 18.0 Å². The summed E-state index contributed by atoms with van der Waals surface area (Å²) in [4.78, 5) is 23.7. The van der Waals surface area contributed by atoms with Crippen molar-refractivity contribution in [3.8, 4) is 0 Å². The number of aromatic nitrogens is 2. The zero-order valence-corrected chi connectivity index (χ0v) is 11.4. The Morgan fingerprint density at radius 3 is 2.63 bits per heavy atom. The lowest BCUT2D eigenvalue weighted by Crippen LogP contribution is -2.52. The van der Waals surface area contributed by atoms with E-state index in [9.17, 15) is 4.79 Å². The minimum Gasteiger partial charge on any atom is -0.481 e. The Bertz CT molecular complexity index is 435. The SMILES string of the molecule is CCN1CCN(c2ncc(CC(=O)O)cn2)CC1C. The van der Waals surface area contributed by atoms with Crippen LogP contribution in [0.25, 0.3) is 0 Å². The highest BCUT2D eigenvalue weighted by Gasteiger charge is 2.23. The van der Waals surface area contributed by atoms with Gasteiger partial charge in [0.05, 0.1) is 6.42 Å². The summed E-state index contributed by atoms with van der Waals surface area (Å²) in [5.74, 6) is -0.168. The standard InChI is InChI=1S/C13H20N4O2/c1-3-16-4-5-17(9-10(16)2)13-14-7-11(8-15-13)6-12(18)19/h7-8,10H,3-6,9H2,1-2H3,(H,18,19).